The maximum atomic E-state index is 14.4. The fraction of sp³-hybridized carbons (Fsp3) is 0.667. The van der Waals surface area contributed by atoms with Crippen LogP contribution in [0.1, 0.15) is 30.0 Å². The van der Waals surface area contributed by atoms with E-state index in [1.165, 1.54) is 11.6 Å². The normalized spacial score (nSPS) is 19.6. The van der Waals surface area contributed by atoms with Crippen LogP contribution >= 0.6 is 0 Å². The van der Waals surface area contributed by atoms with Crippen molar-refractivity contribution in [1.82, 2.24) is 15.1 Å². The van der Waals surface area contributed by atoms with Crippen LogP contribution in [-0.2, 0) is 30.2 Å². The zero-order chi connectivity index (χ0) is 25.6. The van der Waals surface area contributed by atoms with Gasteiger partial charge in [0.1, 0.15) is 5.82 Å². The number of carbonyl (C=O) groups is 1. The number of aryl methyl sites for hydroxylation is 1. The van der Waals surface area contributed by atoms with E-state index in [-0.39, 0.29) is 17.8 Å². The number of rotatable bonds is 18. The van der Waals surface area contributed by atoms with Gasteiger partial charge in [-0.25, -0.2) is 4.39 Å². The van der Waals surface area contributed by atoms with Crippen LogP contribution in [0.15, 0.2) is 30.9 Å². The third-order valence-corrected chi connectivity index (χ3v) is 6.86. The molecule has 1 fully saturated rings. The van der Waals surface area contributed by atoms with Gasteiger partial charge in [0.05, 0.1) is 52.9 Å². The number of benzene rings is 1. The Morgan fingerprint density at radius 1 is 1.08 bits per heavy atom. The van der Waals surface area contributed by atoms with Gasteiger partial charge in [-0.05, 0) is 44.0 Å². The van der Waals surface area contributed by atoms with Crippen LogP contribution in [0.3, 0.4) is 0 Å². The number of amides is 1. The molecule has 8 nitrogen and oxygen atoms in total. The molecule has 1 saturated heterocycles. The molecule has 3 rings (SSSR count). The number of carbonyl (C=O) groups excluding carboxylic acids is 1. The van der Waals surface area contributed by atoms with Crippen molar-refractivity contribution in [2.24, 2.45) is 0 Å². The highest BCUT2D eigenvalue weighted by atomic mass is 19.1. The van der Waals surface area contributed by atoms with Crippen molar-refractivity contribution in [2.45, 2.75) is 31.3 Å². The zero-order valence-corrected chi connectivity index (χ0v) is 21.6. The molecule has 36 heavy (non-hydrogen) atoms. The second kappa shape index (κ2) is 16.1. The number of fused-ring (bicyclic) bond motifs is 1. The van der Waals surface area contributed by atoms with Crippen LogP contribution in [0, 0.1) is 5.82 Å². The number of ether oxygens (including phenoxy) is 4. The van der Waals surface area contributed by atoms with Crippen LogP contribution in [0.4, 0.5) is 4.39 Å². The first-order valence-electron chi connectivity index (χ1n) is 13.0. The van der Waals surface area contributed by atoms with Crippen LogP contribution in [0.2, 0.25) is 0 Å². The highest BCUT2D eigenvalue weighted by Gasteiger charge is 2.35. The van der Waals surface area contributed by atoms with Crippen molar-refractivity contribution < 1.29 is 28.1 Å². The number of nitrogens with one attached hydrogen (secondary N) is 1. The average molecular weight is 508 g/mol. The van der Waals surface area contributed by atoms with Gasteiger partial charge in [0, 0.05) is 43.8 Å². The Morgan fingerprint density at radius 2 is 1.75 bits per heavy atom. The Labute approximate surface area is 214 Å². The number of likely N-dealkylation sites (tertiary alicyclic amines) is 1. The highest BCUT2D eigenvalue weighted by molar-refractivity contribution is 5.86. The first-order chi connectivity index (χ1) is 17.6. The Balaban J connectivity index is 1.13. The number of hydrogen-bond acceptors (Lipinski definition) is 7. The molecule has 0 bridgehead atoms. The van der Waals surface area contributed by atoms with Crippen molar-refractivity contribution >= 4 is 5.91 Å². The lowest BCUT2D eigenvalue weighted by Crippen LogP contribution is -2.37. The number of hydrogen-bond donors (Lipinski definition) is 1. The molecular formula is C27H42FN3O5. The first-order valence-corrected chi connectivity index (χ1v) is 13.0. The number of halogens is 1. The Hall–Kier alpha value is -1.88. The average Bonchev–Trinajstić information content (AvgIpc) is 3.54. The molecule has 1 amide bonds. The predicted molar refractivity (Wildman–Crippen MR) is 137 cm³/mol. The van der Waals surface area contributed by atoms with E-state index in [2.05, 4.69) is 34.8 Å². The van der Waals surface area contributed by atoms with Crippen molar-refractivity contribution in [3.63, 3.8) is 0 Å². The van der Waals surface area contributed by atoms with Crippen molar-refractivity contribution in [2.75, 3.05) is 86.1 Å². The van der Waals surface area contributed by atoms with Gasteiger partial charge in [-0.1, -0.05) is 18.7 Å². The van der Waals surface area contributed by atoms with Gasteiger partial charge >= 0.3 is 0 Å². The molecule has 0 spiro atoms. The molecule has 0 aromatic heterocycles. The lowest BCUT2D eigenvalue weighted by Gasteiger charge is -2.28. The van der Waals surface area contributed by atoms with Crippen LogP contribution in [-0.4, -0.2) is 108 Å². The number of nitrogens with zero attached hydrogens (tertiary/aromatic N) is 2. The summed E-state index contributed by atoms with van der Waals surface area (Å²) < 4.78 is 36.5. The Bertz CT molecular complexity index is 812. The van der Waals surface area contributed by atoms with Gasteiger partial charge in [0.25, 0.3) is 0 Å². The maximum Gasteiger partial charge on any atom is 0.243 e. The summed E-state index contributed by atoms with van der Waals surface area (Å²) in [5.41, 5.74) is 2.10. The zero-order valence-electron chi connectivity index (χ0n) is 21.6. The topological polar surface area (TPSA) is 72.5 Å². The molecule has 9 heteroatoms. The fourth-order valence-electron chi connectivity index (χ4n) is 4.86. The summed E-state index contributed by atoms with van der Waals surface area (Å²) >= 11 is 0. The molecule has 0 saturated carbocycles. The van der Waals surface area contributed by atoms with E-state index in [9.17, 15) is 9.18 Å². The van der Waals surface area contributed by atoms with E-state index < -0.39 is 0 Å². The summed E-state index contributed by atoms with van der Waals surface area (Å²) in [5, 5.41) is 2.64. The summed E-state index contributed by atoms with van der Waals surface area (Å²) in [6, 6.07) is 6.19. The largest absolute Gasteiger partial charge is 0.378 e. The van der Waals surface area contributed by atoms with E-state index in [1.807, 2.05) is 6.07 Å². The van der Waals surface area contributed by atoms with Crippen LogP contribution in [0.25, 0.3) is 0 Å². The molecule has 1 aliphatic carbocycles. The first kappa shape index (κ1) is 28.7. The molecule has 1 aromatic carbocycles. The Morgan fingerprint density at radius 3 is 2.44 bits per heavy atom. The van der Waals surface area contributed by atoms with Crippen molar-refractivity contribution in [3.05, 3.63) is 47.8 Å². The van der Waals surface area contributed by atoms with Gasteiger partial charge in [0.2, 0.25) is 5.91 Å². The molecule has 1 heterocycles. The van der Waals surface area contributed by atoms with Crippen molar-refractivity contribution in [1.29, 1.82) is 0 Å². The second-order valence-corrected chi connectivity index (χ2v) is 9.23. The van der Waals surface area contributed by atoms with Gasteiger partial charge in [-0.15, -0.1) is 0 Å². The molecule has 0 radical (unpaired) electrons. The molecule has 1 unspecified atom stereocenters. The summed E-state index contributed by atoms with van der Waals surface area (Å²) in [5.74, 6) is -0.251. The lowest BCUT2D eigenvalue weighted by atomic mass is 10.1. The highest BCUT2D eigenvalue weighted by Crippen LogP contribution is 2.39. The smallest absolute Gasteiger partial charge is 0.243 e. The minimum Gasteiger partial charge on any atom is -0.378 e. The summed E-state index contributed by atoms with van der Waals surface area (Å²) in [6.45, 7) is 10.9. The van der Waals surface area contributed by atoms with E-state index in [4.69, 9.17) is 18.9 Å². The molecule has 1 aliphatic heterocycles. The summed E-state index contributed by atoms with van der Waals surface area (Å²) in [4.78, 5) is 15.8. The predicted octanol–water partition coefficient (Wildman–Crippen LogP) is 2.19. The van der Waals surface area contributed by atoms with Gasteiger partial charge in [-0.2, -0.15) is 0 Å². The van der Waals surface area contributed by atoms with Crippen molar-refractivity contribution in [3.8, 4) is 0 Å². The minimum atomic E-state index is -0.201. The molecule has 1 aromatic rings. The van der Waals surface area contributed by atoms with Gasteiger partial charge in [0.15, 0.2) is 0 Å². The lowest BCUT2D eigenvalue weighted by molar-refractivity contribution is -0.116. The third kappa shape index (κ3) is 9.21. The fourth-order valence-corrected chi connectivity index (χ4v) is 4.86. The molecule has 2 atom stereocenters. The molecule has 1 N–H and O–H groups in total. The van der Waals surface area contributed by atoms with Gasteiger partial charge < -0.3 is 24.3 Å². The van der Waals surface area contributed by atoms with E-state index >= 15 is 0 Å². The standard InChI is InChI=1S/C27H42FN3O5/c1-3-26(32)29-10-13-33-15-17-35-19-20-36-18-16-34-14-12-30(2)23-9-11-31(21-23)25-8-7-22-5-4-6-24(28)27(22)25/h3-6,23,25H,1,7-21H2,2H3,(H,29,32)/t23-,25?/m1/s1. The van der Waals surface area contributed by atoms with Gasteiger partial charge in [-0.3, -0.25) is 14.6 Å². The molecule has 202 valence electrons. The SMILES string of the molecule is C=CC(=O)NCCOCCOCCOCCOCCN(C)[C@@H]1CCN(C2CCc3cccc(F)c32)C1. The van der Waals surface area contributed by atoms with Crippen LogP contribution in [0.5, 0.6) is 0 Å². The molecule has 2 aliphatic rings. The maximum absolute atomic E-state index is 14.4. The number of likely N-dealkylation sites (N-methyl/N-ethyl adjacent to an activating group) is 1. The Kier molecular flexibility index (Phi) is 12.8. The van der Waals surface area contributed by atoms with E-state index in [1.54, 1.807) is 6.07 Å². The quantitative estimate of drug-likeness (QED) is 0.241. The molecular weight excluding hydrogens is 465 g/mol. The summed E-state index contributed by atoms with van der Waals surface area (Å²) in [6.07, 6.45) is 4.34. The van der Waals surface area contributed by atoms with E-state index in [0.29, 0.717) is 65.4 Å². The monoisotopic (exact) mass is 507 g/mol. The second-order valence-electron chi connectivity index (χ2n) is 9.23. The summed E-state index contributed by atoms with van der Waals surface area (Å²) in [7, 11) is 2.15. The minimum absolute atomic E-state index is 0.0501. The van der Waals surface area contributed by atoms with Crippen LogP contribution < -0.4 is 5.32 Å². The van der Waals surface area contributed by atoms with E-state index in [0.717, 1.165) is 44.5 Å². The third-order valence-electron chi connectivity index (χ3n) is 6.86.